The first kappa shape index (κ1) is 25.8. The highest BCUT2D eigenvalue weighted by atomic mass is 16.7. The summed E-state index contributed by atoms with van der Waals surface area (Å²) in [5, 5.41) is 0.446. The van der Waals surface area contributed by atoms with E-state index in [1.54, 1.807) is 24.1 Å². The number of hydrogen-bond acceptors (Lipinski definition) is 7. The molecule has 1 unspecified atom stereocenters. The lowest BCUT2D eigenvalue weighted by Gasteiger charge is -2.26. The summed E-state index contributed by atoms with van der Waals surface area (Å²) in [4.78, 5) is 29.5. The van der Waals surface area contributed by atoms with E-state index in [0.29, 0.717) is 52.1 Å². The highest BCUT2D eigenvalue weighted by molar-refractivity contribution is 5.99. The number of amides is 1. The van der Waals surface area contributed by atoms with Crippen LogP contribution in [0, 0.1) is 12.8 Å². The van der Waals surface area contributed by atoms with Crippen LogP contribution in [-0.4, -0.2) is 31.3 Å². The first-order chi connectivity index (χ1) is 19.3. The van der Waals surface area contributed by atoms with Gasteiger partial charge in [0.25, 0.3) is 5.91 Å². The molecule has 0 radical (unpaired) electrons. The zero-order valence-electron chi connectivity index (χ0n) is 23.0. The fourth-order valence-electron chi connectivity index (χ4n) is 5.26. The largest absolute Gasteiger partial charge is 0.493 e. The molecule has 0 spiro atoms. The number of carbonyl (C=O) groups excluding carboxylic acids is 1. The molecule has 206 valence electrons. The van der Waals surface area contributed by atoms with Gasteiger partial charge in [-0.1, -0.05) is 37.6 Å². The molecule has 8 heteroatoms. The van der Waals surface area contributed by atoms with Gasteiger partial charge in [-0.3, -0.25) is 9.59 Å². The number of methoxy groups -OCH3 is 1. The third-order valence-electron chi connectivity index (χ3n) is 7.37. The van der Waals surface area contributed by atoms with Crippen LogP contribution in [0.5, 0.6) is 23.0 Å². The molecule has 3 aromatic carbocycles. The third-order valence-corrected chi connectivity index (χ3v) is 7.37. The van der Waals surface area contributed by atoms with Crippen molar-refractivity contribution >= 4 is 16.9 Å². The summed E-state index contributed by atoms with van der Waals surface area (Å²) in [5.74, 6) is 2.64. The van der Waals surface area contributed by atoms with Gasteiger partial charge in [-0.25, -0.2) is 0 Å². The molecule has 40 heavy (non-hydrogen) atoms. The summed E-state index contributed by atoms with van der Waals surface area (Å²) in [6.07, 6.45) is 0.909. The van der Waals surface area contributed by atoms with Crippen LogP contribution in [0.4, 0.5) is 0 Å². The molecule has 1 amide bonds. The van der Waals surface area contributed by atoms with Gasteiger partial charge >= 0.3 is 0 Å². The summed E-state index contributed by atoms with van der Waals surface area (Å²) >= 11 is 0. The average Bonchev–Trinajstić information content (AvgIpc) is 3.52. The lowest BCUT2D eigenvalue weighted by atomic mass is 9.97. The maximum atomic E-state index is 13.9. The summed E-state index contributed by atoms with van der Waals surface area (Å²) < 4.78 is 28.8. The molecule has 1 atom stereocenters. The third kappa shape index (κ3) is 4.53. The number of benzene rings is 3. The van der Waals surface area contributed by atoms with E-state index >= 15 is 0 Å². The van der Waals surface area contributed by atoms with Crippen LogP contribution in [0.15, 0.2) is 63.8 Å². The fraction of sp³-hybridized carbons (Fsp3) is 0.312. The van der Waals surface area contributed by atoms with E-state index in [1.165, 1.54) is 0 Å². The van der Waals surface area contributed by atoms with Crippen LogP contribution in [0.1, 0.15) is 59.1 Å². The van der Waals surface area contributed by atoms with Crippen molar-refractivity contribution in [3.8, 4) is 23.0 Å². The van der Waals surface area contributed by atoms with Crippen LogP contribution in [0.2, 0.25) is 0 Å². The molecule has 1 aromatic heterocycles. The number of nitrogens with zero attached hydrogens (tertiary/aromatic N) is 1. The quantitative estimate of drug-likeness (QED) is 0.270. The van der Waals surface area contributed by atoms with Gasteiger partial charge < -0.3 is 28.3 Å². The fourth-order valence-corrected chi connectivity index (χ4v) is 5.26. The zero-order valence-corrected chi connectivity index (χ0v) is 23.0. The maximum absolute atomic E-state index is 13.9. The molecule has 4 aromatic rings. The van der Waals surface area contributed by atoms with Gasteiger partial charge in [0.15, 0.2) is 28.4 Å². The molecule has 6 rings (SSSR count). The Bertz CT molecular complexity index is 1670. The van der Waals surface area contributed by atoms with Crippen LogP contribution < -0.4 is 24.4 Å². The van der Waals surface area contributed by atoms with E-state index in [0.717, 1.165) is 23.1 Å². The van der Waals surface area contributed by atoms with E-state index in [4.69, 9.17) is 23.4 Å². The number of rotatable bonds is 8. The Balaban J connectivity index is 1.46. The minimum Gasteiger partial charge on any atom is -0.493 e. The summed E-state index contributed by atoms with van der Waals surface area (Å²) in [5.41, 5.74) is 2.98. The summed E-state index contributed by atoms with van der Waals surface area (Å²) in [6, 6.07) is 15.8. The highest BCUT2D eigenvalue weighted by Gasteiger charge is 2.43. The molecule has 0 aliphatic carbocycles. The van der Waals surface area contributed by atoms with E-state index in [2.05, 4.69) is 13.8 Å². The molecule has 2 aliphatic rings. The van der Waals surface area contributed by atoms with Gasteiger partial charge in [0.1, 0.15) is 5.58 Å². The monoisotopic (exact) mass is 541 g/mol. The normalized spacial score (nSPS) is 15.7. The Labute approximate surface area is 232 Å². The molecule has 0 fully saturated rings. The van der Waals surface area contributed by atoms with Gasteiger partial charge in [-0.2, -0.15) is 0 Å². The first-order valence-electron chi connectivity index (χ1n) is 13.4. The Morgan fingerprint density at radius 1 is 0.975 bits per heavy atom. The predicted octanol–water partition coefficient (Wildman–Crippen LogP) is 6.01. The van der Waals surface area contributed by atoms with Crippen molar-refractivity contribution in [2.75, 3.05) is 20.5 Å². The van der Waals surface area contributed by atoms with E-state index in [9.17, 15) is 9.59 Å². The second kappa shape index (κ2) is 10.3. The van der Waals surface area contributed by atoms with Crippen molar-refractivity contribution in [3.05, 3.63) is 92.8 Å². The van der Waals surface area contributed by atoms with Gasteiger partial charge in [-0.15, -0.1) is 0 Å². The van der Waals surface area contributed by atoms with Gasteiger partial charge in [0.05, 0.1) is 30.7 Å². The highest BCUT2D eigenvalue weighted by Crippen LogP contribution is 2.42. The van der Waals surface area contributed by atoms with Crippen LogP contribution in [-0.2, 0) is 6.54 Å². The number of aryl methyl sites for hydroxylation is 1. The molecule has 8 nitrogen and oxygen atoms in total. The standard InChI is InChI=1S/C32H31NO7/c1-18(2)11-12-37-24-10-7-21(15-26(24)36-4)29-28-30(34)22-13-19(3)5-8-23(22)40-31(28)32(35)33(29)16-20-6-9-25-27(14-20)39-17-38-25/h5-10,13-15,18,29H,11-12,16-17H2,1-4H3. The van der Waals surface area contributed by atoms with Crippen LogP contribution in [0.25, 0.3) is 11.0 Å². The van der Waals surface area contributed by atoms with Crippen molar-refractivity contribution in [3.63, 3.8) is 0 Å². The maximum Gasteiger partial charge on any atom is 0.291 e. The lowest BCUT2D eigenvalue weighted by Crippen LogP contribution is -2.29. The van der Waals surface area contributed by atoms with Crippen molar-refractivity contribution in [2.45, 2.75) is 39.8 Å². The summed E-state index contributed by atoms with van der Waals surface area (Å²) in [7, 11) is 1.58. The van der Waals surface area contributed by atoms with Crippen molar-refractivity contribution in [2.24, 2.45) is 5.92 Å². The second-order valence-electron chi connectivity index (χ2n) is 10.6. The SMILES string of the molecule is COc1cc(C2c3c(oc4ccc(C)cc4c3=O)C(=O)N2Cc2ccc3c(c2)OCO3)ccc1OCCC(C)C. The van der Waals surface area contributed by atoms with Crippen LogP contribution >= 0.6 is 0 Å². The number of fused-ring (bicyclic) bond motifs is 3. The van der Waals surface area contributed by atoms with E-state index in [-0.39, 0.29) is 30.4 Å². The predicted molar refractivity (Wildman–Crippen MR) is 149 cm³/mol. The van der Waals surface area contributed by atoms with Gasteiger partial charge in [-0.05, 0) is 66.8 Å². The molecular weight excluding hydrogens is 510 g/mol. The molecular formula is C32H31NO7. The molecule has 0 saturated carbocycles. The van der Waals surface area contributed by atoms with Crippen molar-refractivity contribution in [1.29, 1.82) is 0 Å². The Hall–Kier alpha value is -4.46. The molecule has 3 heterocycles. The first-order valence-corrected chi connectivity index (χ1v) is 13.4. The molecule has 2 aliphatic heterocycles. The smallest absolute Gasteiger partial charge is 0.291 e. The van der Waals surface area contributed by atoms with E-state index in [1.807, 2.05) is 49.4 Å². The van der Waals surface area contributed by atoms with Crippen molar-refractivity contribution < 1.29 is 28.2 Å². The number of ether oxygens (including phenoxy) is 4. The number of carbonyl (C=O) groups is 1. The van der Waals surface area contributed by atoms with Gasteiger partial charge in [0.2, 0.25) is 12.6 Å². The topological polar surface area (TPSA) is 87.4 Å². The molecule has 0 N–H and O–H groups in total. The minimum atomic E-state index is -0.687. The zero-order chi connectivity index (χ0) is 28.0. The molecule has 0 bridgehead atoms. The Morgan fingerprint density at radius 2 is 1.80 bits per heavy atom. The molecule has 0 saturated heterocycles. The Morgan fingerprint density at radius 3 is 2.60 bits per heavy atom. The minimum absolute atomic E-state index is 0.0586. The Kier molecular flexibility index (Phi) is 6.62. The lowest BCUT2D eigenvalue weighted by molar-refractivity contribution is 0.0714. The average molecular weight is 542 g/mol. The van der Waals surface area contributed by atoms with Crippen LogP contribution in [0.3, 0.4) is 0 Å². The van der Waals surface area contributed by atoms with Gasteiger partial charge in [0, 0.05) is 6.54 Å². The second-order valence-corrected chi connectivity index (χ2v) is 10.6. The van der Waals surface area contributed by atoms with E-state index < -0.39 is 6.04 Å². The number of hydrogen-bond donors (Lipinski definition) is 0. The van der Waals surface area contributed by atoms with Crippen molar-refractivity contribution in [1.82, 2.24) is 4.90 Å². The summed E-state index contributed by atoms with van der Waals surface area (Å²) in [6.45, 7) is 7.15.